The molecule has 0 spiro atoms. The molecule has 7 heteroatoms. The molecule has 0 bridgehead atoms. The smallest absolute Gasteiger partial charge is 0.339 e. The third kappa shape index (κ3) is 2.82. The van der Waals surface area contributed by atoms with Crippen LogP contribution >= 0.6 is 0 Å². The summed E-state index contributed by atoms with van der Waals surface area (Å²) in [7, 11) is 5.78. The Morgan fingerprint density at radius 3 is 2.76 bits per heavy atom. The molecule has 7 nitrogen and oxygen atoms in total. The number of carbonyl (C=O) groups is 1. The molecule has 0 fully saturated rings. The molecule has 2 aromatic heterocycles. The van der Waals surface area contributed by atoms with Crippen LogP contribution < -0.4 is 5.32 Å². The zero-order valence-corrected chi connectivity index (χ0v) is 13.0. The Morgan fingerprint density at radius 2 is 2.19 bits per heavy atom. The summed E-state index contributed by atoms with van der Waals surface area (Å²) >= 11 is 0. The summed E-state index contributed by atoms with van der Waals surface area (Å²) in [6, 6.07) is 0.270. The highest BCUT2D eigenvalue weighted by molar-refractivity contribution is 6.04. The molecule has 0 aliphatic rings. The van der Waals surface area contributed by atoms with Gasteiger partial charge < -0.3 is 15.3 Å². The molecule has 21 heavy (non-hydrogen) atoms. The summed E-state index contributed by atoms with van der Waals surface area (Å²) in [6.45, 7) is 4.57. The second kappa shape index (κ2) is 5.69. The summed E-state index contributed by atoms with van der Waals surface area (Å²) < 4.78 is 1.66. The Morgan fingerprint density at radius 1 is 1.52 bits per heavy atom. The van der Waals surface area contributed by atoms with Gasteiger partial charge in [0, 0.05) is 25.8 Å². The number of pyridine rings is 1. The lowest BCUT2D eigenvalue weighted by molar-refractivity contribution is 0.0697. The minimum Gasteiger partial charge on any atom is -0.478 e. The van der Waals surface area contributed by atoms with Gasteiger partial charge >= 0.3 is 5.97 Å². The van der Waals surface area contributed by atoms with Crippen molar-refractivity contribution < 1.29 is 9.90 Å². The van der Waals surface area contributed by atoms with Gasteiger partial charge in [-0.25, -0.2) is 9.78 Å². The van der Waals surface area contributed by atoms with Gasteiger partial charge in [0.15, 0.2) is 5.65 Å². The van der Waals surface area contributed by atoms with Crippen molar-refractivity contribution in [3.63, 3.8) is 0 Å². The summed E-state index contributed by atoms with van der Waals surface area (Å²) in [5.74, 6) is -0.993. The van der Waals surface area contributed by atoms with Gasteiger partial charge in [0.2, 0.25) is 0 Å². The van der Waals surface area contributed by atoms with Gasteiger partial charge in [0.05, 0.1) is 16.8 Å². The second-order valence-corrected chi connectivity index (χ2v) is 5.45. The summed E-state index contributed by atoms with van der Waals surface area (Å²) in [5, 5.41) is 17.7. The molecule has 0 aromatic carbocycles. The molecule has 2 rings (SSSR count). The topological polar surface area (TPSA) is 83.3 Å². The standard InChI is InChI=1S/C14H21N5O2/c1-8(18(3)4)6-15-12-10(14(20)21)7-16-13-11(12)9(2)17-19(13)5/h7-8H,6H2,1-5H3,(H,15,16)(H,20,21). The van der Waals surface area contributed by atoms with Crippen molar-refractivity contribution in [1.29, 1.82) is 0 Å². The Bertz CT molecular complexity index is 678. The van der Waals surface area contributed by atoms with E-state index in [-0.39, 0.29) is 11.6 Å². The zero-order valence-electron chi connectivity index (χ0n) is 13.0. The minimum absolute atomic E-state index is 0.171. The number of fused-ring (bicyclic) bond motifs is 1. The van der Waals surface area contributed by atoms with E-state index < -0.39 is 5.97 Å². The van der Waals surface area contributed by atoms with Gasteiger partial charge in [-0.1, -0.05) is 0 Å². The van der Waals surface area contributed by atoms with Crippen molar-refractivity contribution in [1.82, 2.24) is 19.7 Å². The van der Waals surface area contributed by atoms with Crippen molar-refractivity contribution >= 4 is 22.7 Å². The number of nitrogens with one attached hydrogen (secondary N) is 1. The van der Waals surface area contributed by atoms with Gasteiger partial charge in [-0.15, -0.1) is 0 Å². The normalized spacial score (nSPS) is 12.9. The Balaban J connectivity index is 2.51. The molecule has 0 saturated carbocycles. The minimum atomic E-state index is -0.993. The highest BCUT2D eigenvalue weighted by Gasteiger charge is 2.19. The highest BCUT2D eigenvalue weighted by Crippen LogP contribution is 2.28. The Labute approximate surface area is 123 Å². The van der Waals surface area contributed by atoms with Crippen LogP contribution in [0.1, 0.15) is 23.0 Å². The van der Waals surface area contributed by atoms with E-state index in [0.717, 1.165) is 11.1 Å². The van der Waals surface area contributed by atoms with Crippen LogP contribution in [0.5, 0.6) is 0 Å². The molecule has 0 aliphatic carbocycles. The van der Waals surface area contributed by atoms with E-state index in [0.29, 0.717) is 17.9 Å². The van der Waals surface area contributed by atoms with Gasteiger partial charge in [-0.05, 0) is 27.9 Å². The van der Waals surface area contributed by atoms with E-state index >= 15 is 0 Å². The molecule has 2 heterocycles. The van der Waals surface area contributed by atoms with Crippen molar-refractivity contribution in [2.45, 2.75) is 19.9 Å². The predicted molar refractivity (Wildman–Crippen MR) is 81.8 cm³/mol. The van der Waals surface area contributed by atoms with Crippen LogP contribution in [-0.4, -0.2) is 57.4 Å². The fourth-order valence-electron chi connectivity index (χ4n) is 2.19. The quantitative estimate of drug-likeness (QED) is 0.865. The van der Waals surface area contributed by atoms with E-state index in [9.17, 15) is 9.90 Å². The number of hydrogen-bond acceptors (Lipinski definition) is 5. The maximum Gasteiger partial charge on any atom is 0.339 e. The van der Waals surface area contributed by atoms with Crippen LogP contribution in [0.15, 0.2) is 6.20 Å². The number of anilines is 1. The van der Waals surface area contributed by atoms with Crippen LogP contribution in [-0.2, 0) is 7.05 Å². The molecular formula is C14H21N5O2. The number of nitrogens with zero attached hydrogens (tertiary/aromatic N) is 4. The number of hydrogen-bond donors (Lipinski definition) is 2. The number of likely N-dealkylation sites (N-methyl/N-ethyl adjacent to an activating group) is 1. The third-order valence-electron chi connectivity index (χ3n) is 3.71. The largest absolute Gasteiger partial charge is 0.478 e. The highest BCUT2D eigenvalue weighted by atomic mass is 16.4. The number of carboxylic acid groups (broad SMARTS) is 1. The number of aromatic nitrogens is 3. The molecule has 0 amide bonds. The van der Waals surface area contributed by atoms with Crippen LogP contribution in [0.3, 0.4) is 0 Å². The first-order chi connectivity index (χ1) is 9.82. The molecular weight excluding hydrogens is 270 g/mol. The monoisotopic (exact) mass is 291 g/mol. The van der Waals surface area contributed by atoms with Crippen LogP contribution in [0, 0.1) is 6.92 Å². The average Bonchev–Trinajstić information content (AvgIpc) is 2.70. The van der Waals surface area contributed by atoms with Crippen molar-refractivity contribution in [2.24, 2.45) is 7.05 Å². The van der Waals surface area contributed by atoms with Gasteiger partial charge in [0.25, 0.3) is 0 Å². The number of aromatic carboxylic acids is 1. The van der Waals surface area contributed by atoms with Crippen LogP contribution in [0.2, 0.25) is 0 Å². The van der Waals surface area contributed by atoms with Crippen molar-refractivity contribution in [3.8, 4) is 0 Å². The van der Waals surface area contributed by atoms with E-state index in [1.807, 2.05) is 21.0 Å². The SMILES string of the molecule is Cc1nn(C)c2ncc(C(=O)O)c(NCC(C)N(C)C)c12. The first kappa shape index (κ1) is 15.2. The summed E-state index contributed by atoms with van der Waals surface area (Å²) in [6.07, 6.45) is 1.38. The molecule has 0 saturated heterocycles. The van der Waals surface area contributed by atoms with Gasteiger partial charge in [-0.3, -0.25) is 4.68 Å². The lowest BCUT2D eigenvalue weighted by atomic mass is 10.1. The molecule has 114 valence electrons. The molecule has 1 atom stereocenters. The van der Waals surface area contributed by atoms with E-state index in [1.165, 1.54) is 6.20 Å². The first-order valence-electron chi connectivity index (χ1n) is 6.78. The van der Waals surface area contributed by atoms with Gasteiger partial charge in [0.1, 0.15) is 5.56 Å². The van der Waals surface area contributed by atoms with Gasteiger partial charge in [-0.2, -0.15) is 5.10 Å². The number of aryl methyl sites for hydroxylation is 2. The maximum atomic E-state index is 11.4. The number of rotatable bonds is 5. The summed E-state index contributed by atoms with van der Waals surface area (Å²) in [4.78, 5) is 17.7. The molecule has 2 N–H and O–H groups in total. The van der Waals surface area contributed by atoms with E-state index in [1.54, 1.807) is 11.7 Å². The molecule has 1 unspecified atom stereocenters. The zero-order chi connectivity index (χ0) is 15.7. The van der Waals surface area contributed by atoms with E-state index in [4.69, 9.17) is 0 Å². The molecule has 2 aromatic rings. The molecule has 0 aliphatic heterocycles. The van der Waals surface area contributed by atoms with Crippen molar-refractivity contribution in [2.75, 3.05) is 26.0 Å². The second-order valence-electron chi connectivity index (χ2n) is 5.45. The third-order valence-corrected chi connectivity index (χ3v) is 3.71. The summed E-state index contributed by atoms with van der Waals surface area (Å²) in [5.41, 5.74) is 2.21. The van der Waals surface area contributed by atoms with Crippen molar-refractivity contribution in [3.05, 3.63) is 17.5 Å². The van der Waals surface area contributed by atoms with Crippen LogP contribution in [0.25, 0.3) is 11.0 Å². The molecule has 0 radical (unpaired) electrons. The average molecular weight is 291 g/mol. The van der Waals surface area contributed by atoms with E-state index in [2.05, 4.69) is 27.2 Å². The van der Waals surface area contributed by atoms with Crippen LogP contribution in [0.4, 0.5) is 5.69 Å². The maximum absolute atomic E-state index is 11.4. The number of carboxylic acids is 1. The fraction of sp³-hybridized carbons (Fsp3) is 0.500. The lowest BCUT2D eigenvalue weighted by Gasteiger charge is -2.21. The Hall–Kier alpha value is -2.15. The first-order valence-corrected chi connectivity index (χ1v) is 6.78. The fourth-order valence-corrected chi connectivity index (χ4v) is 2.19. The Kier molecular flexibility index (Phi) is 4.13. The predicted octanol–water partition coefficient (Wildman–Crippen LogP) is 1.34. The lowest BCUT2D eigenvalue weighted by Crippen LogP contribution is -2.31.